The van der Waals surface area contributed by atoms with Gasteiger partial charge in [0.15, 0.2) is 0 Å². The summed E-state index contributed by atoms with van der Waals surface area (Å²) >= 11 is 12.0. The van der Waals surface area contributed by atoms with E-state index in [0.29, 0.717) is 32.8 Å². The van der Waals surface area contributed by atoms with Gasteiger partial charge in [0.2, 0.25) is 0 Å². The number of nitrogens with zero attached hydrogens (tertiary/aromatic N) is 3. The van der Waals surface area contributed by atoms with Crippen molar-refractivity contribution in [3.05, 3.63) is 40.3 Å². The smallest absolute Gasteiger partial charge is 0.263 e. The van der Waals surface area contributed by atoms with Crippen molar-refractivity contribution in [1.82, 2.24) is 15.1 Å². The zero-order chi connectivity index (χ0) is 12.7. The van der Waals surface area contributed by atoms with Crippen LogP contribution >= 0.6 is 23.2 Å². The third-order valence-corrected chi connectivity index (χ3v) is 3.05. The van der Waals surface area contributed by atoms with Crippen LogP contribution in [0.4, 0.5) is 0 Å². The average molecular weight is 280 g/mol. The van der Waals surface area contributed by atoms with Gasteiger partial charge < -0.3 is 4.52 Å². The molecule has 0 aliphatic heterocycles. The molecule has 0 fully saturated rings. The van der Waals surface area contributed by atoms with Crippen LogP contribution in [0.15, 0.2) is 28.8 Å². The fraction of sp³-hybridized carbons (Fsp3) is 0.0833. The topological polar surface area (TPSA) is 51.8 Å². The summed E-state index contributed by atoms with van der Waals surface area (Å²) in [4.78, 5) is 8.26. The largest absolute Gasteiger partial charge is 0.335 e. The Morgan fingerprint density at radius 3 is 2.50 bits per heavy atom. The van der Waals surface area contributed by atoms with Crippen LogP contribution in [0, 0.1) is 6.92 Å². The van der Waals surface area contributed by atoms with Gasteiger partial charge in [-0.2, -0.15) is 4.98 Å². The van der Waals surface area contributed by atoms with Crippen molar-refractivity contribution in [1.29, 1.82) is 0 Å². The second kappa shape index (κ2) is 4.23. The molecule has 6 heteroatoms. The predicted molar refractivity (Wildman–Crippen MR) is 69.8 cm³/mol. The van der Waals surface area contributed by atoms with E-state index in [9.17, 15) is 0 Å². The third-order valence-electron chi connectivity index (χ3n) is 2.52. The molecule has 0 saturated carbocycles. The van der Waals surface area contributed by atoms with Crippen molar-refractivity contribution in [2.24, 2.45) is 0 Å². The number of aryl methyl sites for hydroxylation is 1. The molecule has 0 unspecified atom stereocenters. The molecule has 0 spiro atoms. The Labute approximate surface area is 113 Å². The molecule has 1 aromatic carbocycles. The number of fused-ring (bicyclic) bond motifs is 1. The van der Waals surface area contributed by atoms with Crippen molar-refractivity contribution in [3.8, 4) is 11.3 Å². The highest BCUT2D eigenvalue weighted by atomic mass is 35.5. The molecule has 0 radical (unpaired) electrons. The van der Waals surface area contributed by atoms with E-state index in [0.717, 1.165) is 5.56 Å². The SMILES string of the molecule is Cc1nc(Cl)c2c(-c3ccc(Cl)cc3)noc2n1. The van der Waals surface area contributed by atoms with Crippen molar-refractivity contribution >= 4 is 34.3 Å². The van der Waals surface area contributed by atoms with Gasteiger partial charge in [0, 0.05) is 10.6 Å². The molecule has 0 aliphatic rings. The van der Waals surface area contributed by atoms with Gasteiger partial charge in [-0.3, -0.25) is 0 Å². The van der Waals surface area contributed by atoms with Gasteiger partial charge in [0.1, 0.15) is 22.1 Å². The van der Waals surface area contributed by atoms with Crippen LogP contribution in [-0.4, -0.2) is 15.1 Å². The van der Waals surface area contributed by atoms with Gasteiger partial charge in [-0.15, -0.1) is 0 Å². The van der Waals surface area contributed by atoms with E-state index in [2.05, 4.69) is 15.1 Å². The number of halogens is 2. The lowest BCUT2D eigenvalue weighted by atomic mass is 10.1. The van der Waals surface area contributed by atoms with Crippen LogP contribution in [0.2, 0.25) is 10.2 Å². The molecule has 0 bridgehead atoms. The van der Waals surface area contributed by atoms with E-state index >= 15 is 0 Å². The summed E-state index contributed by atoms with van der Waals surface area (Å²) in [6.45, 7) is 1.75. The predicted octanol–water partition coefficient (Wildman–Crippen LogP) is 3.90. The summed E-state index contributed by atoms with van der Waals surface area (Å²) in [5.41, 5.74) is 1.86. The first-order valence-electron chi connectivity index (χ1n) is 5.20. The Balaban J connectivity index is 2.27. The van der Waals surface area contributed by atoms with Gasteiger partial charge in [0.05, 0.1) is 0 Å². The molecule has 0 atom stereocenters. The minimum atomic E-state index is 0.337. The van der Waals surface area contributed by atoms with Crippen molar-refractivity contribution in [2.45, 2.75) is 6.92 Å². The molecular weight excluding hydrogens is 273 g/mol. The maximum Gasteiger partial charge on any atom is 0.263 e. The highest BCUT2D eigenvalue weighted by Gasteiger charge is 2.16. The average Bonchev–Trinajstić information content (AvgIpc) is 2.74. The lowest BCUT2D eigenvalue weighted by Crippen LogP contribution is -1.88. The van der Waals surface area contributed by atoms with Crippen molar-refractivity contribution in [3.63, 3.8) is 0 Å². The Bertz CT molecular complexity index is 722. The first kappa shape index (κ1) is 11.4. The highest BCUT2D eigenvalue weighted by molar-refractivity contribution is 6.35. The second-order valence-corrected chi connectivity index (χ2v) is 4.57. The van der Waals surface area contributed by atoms with Gasteiger partial charge in [-0.25, -0.2) is 4.98 Å². The van der Waals surface area contributed by atoms with Crippen molar-refractivity contribution < 1.29 is 4.52 Å². The molecule has 2 heterocycles. The quantitative estimate of drug-likeness (QED) is 0.634. The maximum absolute atomic E-state index is 6.11. The molecule has 18 heavy (non-hydrogen) atoms. The summed E-state index contributed by atoms with van der Waals surface area (Å²) in [5.74, 6) is 0.548. The fourth-order valence-electron chi connectivity index (χ4n) is 1.72. The van der Waals surface area contributed by atoms with E-state index in [1.807, 2.05) is 12.1 Å². The molecule has 3 rings (SSSR count). The Hall–Kier alpha value is -1.65. The summed E-state index contributed by atoms with van der Waals surface area (Å²) in [5, 5.41) is 5.60. The van der Waals surface area contributed by atoms with Gasteiger partial charge >= 0.3 is 0 Å². The lowest BCUT2D eigenvalue weighted by Gasteiger charge is -1.98. The monoisotopic (exact) mass is 279 g/mol. The molecule has 3 aromatic rings. The molecule has 2 aromatic heterocycles. The summed E-state index contributed by atoms with van der Waals surface area (Å²) in [6.07, 6.45) is 0. The molecule has 0 aliphatic carbocycles. The lowest BCUT2D eigenvalue weighted by molar-refractivity contribution is 0.450. The standard InChI is InChI=1S/C12H7Cl2N3O/c1-6-15-11(14)9-10(17-18-12(9)16-6)7-2-4-8(13)5-3-7/h2-5H,1H3. The Kier molecular flexibility index (Phi) is 2.69. The van der Waals surface area contributed by atoms with Crippen LogP contribution in [0.3, 0.4) is 0 Å². The number of rotatable bonds is 1. The van der Waals surface area contributed by atoms with E-state index in [4.69, 9.17) is 27.7 Å². The summed E-state index contributed by atoms with van der Waals surface area (Å²) < 4.78 is 5.18. The maximum atomic E-state index is 6.11. The number of aromatic nitrogens is 3. The van der Waals surface area contributed by atoms with Gasteiger partial charge in [-0.05, 0) is 19.1 Å². The zero-order valence-electron chi connectivity index (χ0n) is 9.32. The normalized spacial score (nSPS) is 11.1. The molecular formula is C12H7Cl2N3O. The first-order chi connectivity index (χ1) is 8.65. The van der Waals surface area contributed by atoms with Crippen LogP contribution in [0.25, 0.3) is 22.4 Å². The van der Waals surface area contributed by atoms with Crippen LogP contribution in [0.1, 0.15) is 5.82 Å². The molecule has 0 N–H and O–H groups in total. The fourth-order valence-corrected chi connectivity index (χ4v) is 2.14. The number of benzene rings is 1. The number of hydrogen-bond acceptors (Lipinski definition) is 4. The van der Waals surface area contributed by atoms with Crippen LogP contribution in [0.5, 0.6) is 0 Å². The highest BCUT2D eigenvalue weighted by Crippen LogP contribution is 2.31. The molecule has 4 nitrogen and oxygen atoms in total. The molecule has 90 valence electrons. The van der Waals surface area contributed by atoms with E-state index < -0.39 is 0 Å². The van der Waals surface area contributed by atoms with E-state index in [1.165, 1.54) is 0 Å². The Morgan fingerprint density at radius 1 is 1.06 bits per heavy atom. The van der Waals surface area contributed by atoms with E-state index in [-0.39, 0.29) is 0 Å². The minimum Gasteiger partial charge on any atom is -0.335 e. The van der Waals surface area contributed by atoms with Gasteiger partial charge in [-0.1, -0.05) is 40.5 Å². The van der Waals surface area contributed by atoms with Crippen LogP contribution < -0.4 is 0 Å². The summed E-state index contributed by atoms with van der Waals surface area (Å²) in [6, 6.07) is 7.24. The molecule has 0 amide bonds. The third kappa shape index (κ3) is 1.83. The zero-order valence-corrected chi connectivity index (χ0v) is 10.8. The minimum absolute atomic E-state index is 0.337. The van der Waals surface area contributed by atoms with E-state index in [1.54, 1.807) is 19.1 Å². The van der Waals surface area contributed by atoms with Crippen molar-refractivity contribution in [2.75, 3.05) is 0 Å². The second-order valence-electron chi connectivity index (χ2n) is 3.78. The van der Waals surface area contributed by atoms with Gasteiger partial charge in [0.25, 0.3) is 5.71 Å². The molecule has 0 saturated heterocycles. The Morgan fingerprint density at radius 2 is 1.78 bits per heavy atom. The summed E-state index contributed by atoms with van der Waals surface area (Å²) in [7, 11) is 0. The first-order valence-corrected chi connectivity index (χ1v) is 5.96. The number of hydrogen-bond donors (Lipinski definition) is 0. The van der Waals surface area contributed by atoms with Crippen LogP contribution in [-0.2, 0) is 0 Å².